The average Bonchev–Trinajstić information content (AvgIpc) is 2.63. The molecule has 0 bridgehead atoms. The van der Waals surface area contributed by atoms with Crippen LogP contribution in [0.25, 0.3) is 0 Å². The highest BCUT2D eigenvalue weighted by atomic mass is 16.1. The van der Waals surface area contributed by atoms with Gasteiger partial charge in [0.1, 0.15) is 17.8 Å². The van der Waals surface area contributed by atoms with Crippen LogP contribution in [0.5, 0.6) is 0 Å². The summed E-state index contributed by atoms with van der Waals surface area (Å²) in [5.41, 5.74) is 2.10. The minimum absolute atomic E-state index is 0.228. The molecule has 1 amide bonds. The Bertz CT molecular complexity index is 903. The minimum atomic E-state index is -0.372. The lowest BCUT2D eigenvalue weighted by atomic mass is 10.2. The highest BCUT2D eigenvalue weighted by Crippen LogP contribution is 2.15. The number of nitriles is 1. The van der Waals surface area contributed by atoms with Gasteiger partial charge >= 0.3 is 0 Å². The molecule has 0 atom stereocenters. The second-order valence-corrected chi connectivity index (χ2v) is 4.93. The molecule has 0 fully saturated rings. The van der Waals surface area contributed by atoms with E-state index < -0.39 is 0 Å². The number of carbonyl (C=O) groups excluding carboxylic acids is 1. The number of nitrogens with zero attached hydrogens (tertiary/aromatic N) is 3. The largest absolute Gasteiger partial charge is 0.340 e. The topological polar surface area (TPSA) is 90.7 Å². The van der Waals surface area contributed by atoms with E-state index in [1.165, 1.54) is 6.33 Å². The number of rotatable bonds is 4. The predicted octanol–water partition coefficient (Wildman–Crippen LogP) is 3.34. The first-order valence-corrected chi connectivity index (χ1v) is 7.20. The van der Waals surface area contributed by atoms with E-state index >= 15 is 0 Å². The van der Waals surface area contributed by atoms with Crippen LogP contribution >= 0.6 is 0 Å². The van der Waals surface area contributed by atoms with Gasteiger partial charge in [0, 0.05) is 17.4 Å². The van der Waals surface area contributed by atoms with Crippen molar-refractivity contribution < 1.29 is 4.79 Å². The molecular formula is C18H13N5O. The van der Waals surface area contributed by atoms with Crippen molar-refractivity contribution in [2.75, 3.05) is 10.6 Å². The SMILES string of the molecule is N#Cc1cccc(NC(=O)c2cc(Nc3ccccc3)ncn2)c1. The Morgan fingerprint density at radius 1 is 0.958 bits per heavy atom. The van der Waals surface area contributed by atoms with Crippen LogP contribution in [-0.2, 0) is 0 Å². The van der Waals surface area contributed by atoms with Crippen molar-refractivity contribution in [3.05, 3.63) is 78.2 Å². The lowest BCUT2D eigenvalue weighted by Crippen LogP contribution is -2.14. The molecule has 6 nitrogen and oxygen atoms in total. The van der Waals surface area contributed by atoms with E-state index in [2.05, 4.69) is 20.6 Å². The number of anilines is 3. The van der Waals surface area contributed by atoms with Crippen molar-refractivity contribution in [2.24, 2.45) is 0 Å². The Labute approximate surface area is 138 Å². The van der Waals surface area contributed by atoms with E-state index in [0.717, 1.165) is 5.69 Å². The number of nitrogens with one attached hydrogen (secondary N) is 2. The van der Waals surface area contributed by atoms with E-state index in [4.69, 9.17) is 5.26 Å². The van der Waals surface area contributed by atoms with E-state index in [1.807, 2.05) is 36.4 Å². The molecule has 2 N–H and O–H groups in total. The zero-order valence-electron chi connectivity index (χ0n) is 12.6. The van der Waals surface area contributed by atoms with Crippen molar-refractivity contribution in [3.63, 3.8) is 0 Å². The highest BCUT2D eigenvalue weighted by molar-refractivity contribution is 6.03. The molecule has 1 heterocycles. The number of hydrogen-bond donors (Lipinski definition) is 2. The second-order valence-electron chi connectivity index (χ2n) is 4.93. The zero-order chi connectivity index (χ0) is 16.8. The van der Waals surface area contributed by atoms with Crippen LogP contribution in [0.3, 0.4) is 0 Å². The Hall–Kier alpha value is -3.72. The van der Waals surface area contributed by atoms with E-state index in [9.17, 15) is 4.79 Å². The Kier molecular flexibility index (Phi) is 4.45. The van der Waals surface area contributed by atoms with Gasteiger partial charge in [-0.2, -0.15) is 5.26 Å². The Balaban J connectivity index is 1.75. The quantitative estimate of drug-likeness (QED) is 0.770. The summed E-state index contributed by atoms with van der Waals surface area (Å²) in [6, 6.07) is 19.8. The molecule has 0 aliphatic rings. The highest BCUT2D eigenvalue weighted by Gasteiger charge is 2.09. The minimum Gasteiger partial charge on any atom is -0.340 e. The summed E-state index contributed by atoms with van der Waals surface area (Å²) in [6.07, 6.45) is 1.33. The molecule has 2 aromatic carbocycles. The fourth-order valence-electron chi connectivity index (χ4n) is 2.08. The van der Waals surface area contributed by atoms with Crippen LogP contribution in [0.4, 0.5) is 17.2 Å². The molecule has 0 spiro atoms. The number of aromatic nitrogens is 2. The first-order chi connectivity index (χ1) is 11.7. The number of para-hydroxylation sites is 1. The third-order valence-corrected chi connectivity index (χ3v) is 3.20. The van der Waals surface area contributed by atoms with Crippen molar-refractivity contribution >= 4 is 23.1 Å². The van der Waals surface area contributed by atoms with Gasteiger partial charge in [-0.05, 0) is 30.3 Å². The Morgan fingerprint density at radius 2 is 1.75 bits per heavy atom. The predicted molar refractivity (Wildman–Crippen MR) is 90.9 cm³/mol. The van der Waals surface area contributed by atoms with Gasteiger partial charge in [-0.25, -0.2) is 9.97 Å². The Morgan fingerprint density at radius 3 is 2.54 bits per heavy atom. The summed E-state index contributed by atoms with van der Waals surface area (Å²) in [7, 11) is 0. The molecule has 6 heteroatoms. The van der Waals surface area contributed by atoms with Gasteiger partial charge in [0.25, 0.3) is 5.91 Å². The van der Waals surface area contributed by atoms with E-state index in [0.29, 0.717) is 17.1 Å². The van der Waals surface area contributed by atoms with Crippen LogP contribution in [0.15, 0.2) is 67.0 Å². The number of benzene rings is 2. The van der Waals surface area contributed by atoms with Crippen molar-refractivity contribution in [1.82, 2.24) is 9.97 Å². The van der Waals surface area contributed by atoms with Crippen molar-refractivity contribution in [1.29, 1.82) is 5.26 Å². The van der Waals surface area contributed by atoms with Gasteiger partial charge in [-0.3, -0.25) is 4.79 Å². The third-order valence-electron chi connectivity index (χ3n) is 3.20. The fraction of sp³-hybridized carbons (Fsp3) is 0. The first-order valence-electron chi connectivity index (χ1n) is 7.20. The molecule has 1 aromatic heterocycles. The normalized spacial score (nSPS) is 9.79. The lowest BCUT2D eigenvalue weighted by Gasteiger charge is -2.08. The number of amides is 1. The van der Waals surface area contributed by atoms with E-state index in [1.54, 1.807) is 30.3 Å². The van der Waals surface area contributed by atoms with Crippen LogP contribution < -0.4 is 10.6 Å². The fourth-order valence-corrected chi connectivity index (χ4v) is 2.08. The van der Waals surface area contributed by atoms with Crippen LogP contribution in [0, 0.1) is 11.3 Å². The number of hydrogen-bond acceptors (Lipinski definition) is 5. The number of carbonyl (C=O) groups is 1. The molecule has 3 aromatic rings. The molecule has 116 valence electrons. The zero-order valence-corrected chi connectivity index (χ0v) is 12.6. The summed E-state index contributed by atoms with van der Waals surface area (Å²) in [5.74, 6) is 0.149. The first kappa shape index (κ1) is 15.2. The van der Waals surface area contributed by atoms with Gasteiger partial charge in [0.15, 0.2) is 0 Å². The molecule has 0 aliphatic carbocycles. The van der Waals surface area contributed by atoms with Crippen LogP contribution in [-0.4, -0.2) is 15.9 Å². The van der Waals surface area contributed by atoms with Gasteiger partial charge < -0.3 is 10.6 Å². The maximum absolute atomic E-state index is 12.3. The molecule has 3 rings (SSSR count). The lowest BCUT2D eigenvalue weighted by molar-refractivity contribution is 0.102. The van der Waals surface area contributed by atoms with Gasteiger partial charge in [-0.1, -0.05) is 24.3 Å². The van der Waals surface area contributed by atoms with Crippen LogP contribution in [0.1, 0.15) is 16.1 Å². The molecule has 0 saturated carbocycles. The van der Waals surface area contributed by atoms with Crippen molar-refractivity contribution in [2.45, 2.75) is 0 Å². The molecule has 24 heavy (non-hydrogen) atoms. The molecular weight excluding hydrogens is 302 g/mol. The third kappa shape index (κ3) is 3.72. The van der Waals surface area contributed by atoms with E-state index in [-0.39, 0.29) is 11.6 Å². The molecule has 0 unspecified atom stereocenters. The van der Waals surface area contributed by atoms with Gasteiger partial charge in [0.05, 0.1) is 11.6 Å². The molecule has 0 aliphatic heterocycles. The molecule has 0 radical (unpaired) electrons. The van der Waals surface area contributed by atoms with Gasteiger partial charge in [-0.15, -0.1) is 0 Å². The van der Waals surface area contributed by atoms with Gasteiger partial charge in [0.2, 0.25) is 0 Å². The van der Waals surface area contributed by atoms with Crippen molar-refractivity contribution in [3.8, 4) is 6.07 Å². The summed E-state index contributed by atoms with van der Waals surface area (Å²) < 4.78 is 0. The maximum Gasteiger partial charge on any atom is 0.274 e. The maximum atomic E-state index is 12.3. The second kappa shape index (κ2) is 7.03. The molecule has 0 saturated heterocycles. The summed E-state index contributed by atoms with van der Waals surface area (Å²) >= 11 is 0. The average molecular weight is 315 g/mol. The summed E-state index contributed by atoms with van der Waals surface area (Å²) in [4.78, 5) is 20.4. The van der Waals surface area contributed by atoms with Crippen LogP contribution in [0.2, 0.25) is 0 Å². The standard InChI is InChI=1S/C18H13N5O/c19-11-13-5-4-8-15(9-13)23-18(24)16-10-17(21-12-20-16)22-14-6-2-1-3-7-14/h1-10,12H,(H,23,24)(H,20,21,22). The summed E-state index contributed by atoms with van der Waals surface area (Å²) in [5, 5.41) is 14.7. The monoisotopic (exact) mass is 315 g/mol. The summed E-state index contributed by atoms with van der Waals surface area (Å²) in [6.45, 7) is 0. The smallest absolute Gasteiger partial charge is 0.274 e.